The Bertz CT molecular complexity index is 397. The van der Waals surface area contributed by atoms with Crippen LogP contribution in [-0.4, -0.2) is 10.5 Å². The highest BCUT2D eigenvalue weighted by molar-refractivity contribution is 6.30. The van der Waals surface area contributed by atoms with Crippen molar-refractivity contribution < 1.29 is 13.2 Å². The smallest absolute Gasteiger partial charge is 0.326 e. The Kier molecular flexibility index (Phi) is 4.04. The van der Waals surface area contributed by atoms with E-state index < -0.39 is 17.3 Å². The standard InChI is InChI=1S/C11H14ClF3N2/c1-10(2,16)4-3-7-5-8(11(13,14)15)6-17-9(7)12/h5-6H,3-4,16H2,1-2H3. The summed E-state index contributed by atoms with van der Waals surface area (Å²) in [4.78, 5) is 3.55. The van der Waals surface area contributed by atoms with E-state index >= 15 is 0 Å². The zero-order chi connectivity index (χ0) is 13.3. The zero-order valence-corrected chi connectivity index (χ0v) is 10.4. The van der Waals surface area contributed by atoms with E-state index in [9.17, 15) is 13.2 Å². The Hall–Kier alpha value is -0.810. The van der Waals surface area contributed by atoms with Crippen LogP contribution in [0.5, 0.6) is 0 Å². The van der Waals surface area contributed by atoms with Crippen molar-refractivity contribution in [2.24, 2.45) is 5.73 Å². The van der Waals surface area contributed by atoms with Gasteiger partial charge in [0.15, 0.2) is 0 Å². The average Bonchev–Trinajstić information content (AvgIpc) is 2.13. The molecule has 2 nitrogen and oxygen atoms in total. The van der Waals surface area contributed by atoms with Gasteiger partial charge in [0.1, 0.15) is 5.15 Å². The Morgan fingerprint density at radius 2 is 1.94 bits per heavy atom. The van der Waals surface area contributed by atoms with Crippen LogP contribution in [0.1, 0.15) is 31.4 Å². The predicted octanol–water partition coefficient (Wildman–Crippen LogP) is 3.42. The van der Waals surface area contributed by atoms with Crippen molar-refractivity contribution in [3.8, 4) is 0 Å². The lowest BCUT2D eigenvalue weighted by Gasteiger charge is -2.18. The molecule has 0 aliphatic rings. The maximum atomic E-state index is 12.5. The van der Waals surface area contributed by atoms with Gasteiger partial charge in [0.25, 0.3) is 0 Å². The van der Waals surface area contributed by atoms with E-state index in [0.29, 0.717) is 18.4 Å². The van der Waals surface area contributed by atoms with Gasteiger partial charge in [0.05, 0.1) is 5.56 Å². The highest BCUT2D eigenvalue weighted by Gasteiger charge is 2.31. The number of halogens is 4. The molecule has 0 aliphatic carbocycles. The van der Waals surface area contributed by atoms with Crippen LogP contribution in [-0.2, 0) is 12.6 Å². The van der Waals surface area contributed by atoms with Crippen LogP contribution in [0.4, 0.5) is 13.2 Å². The molecule has 1 aromatic rings. The Morgan fingerprint density at radius 3 is 2.41 bits per heavy atom. The molecule has 0 atom stereocenters. The molecule has 1 rings (SSSR count). The number of nitrogens with zero attached hydrogens (tertiary/aromatic N) is 1. The molecule has 96 valence electrons. The Labute approximate surface area is 103 Å². The number of hydrogen-bond acceptors (Lipinski definition) is 2. The van der Waals surface area contributed by atoms with Gasteiger partial charge in [0.2, 0.25) is 0 Å². The quantitative estimate of drug-likeness (QED) is 0.852. The molecule has 6 heteroatoms. The molecule has 17 heavy (non-hydrogen) atoms. The lowest BCUT2D eigenvalue weighted by Crippen LogP contribution is -2.32. The molecule has 0 saturated heterocycles. The molecule has 0 radical (unpaired) electrons. The second kappa shape index (κ2) is 4.82. The largest absolute Gasteiger partial charge is 0.417 e. The van der Waals surface area contributed by atoms with Gasteiger partial charge in [-0.25, -0.2) is 4.98 Å². The first-order valence-electron chi connectivity index (χ1n) is 5.10. The zero-order valence-electron chi connectivity index (χ0n) is 9.61. The van der Waals surface area contributed by atoms with E-state index in [1.54, 1.807) is 0 Å². The lowest BCUT2D eigenvalue weighted by atomic mass is 9.97. The topological polar surface area (TPSA) is 38.9 Å². The molecule has 0 aliphatic heterocycles. The van der Waals surface area contributed by atoms with Gasteiger partial charge in [-0.15, -0.1) is 0 Å². The summed E-state index contributed by atoms with van der Waals surface area (Å²) in [5.41, 5.74) is 4.91. The summed E-state index contributed by atoms with van der Waals surface area (Å²) in [5.74, 6) is 0. The number of pyridine rings is 1. The molecule has 0 saturated carbocycles. The molecular weight excluding hydrogens is 253 g/mol. The second-order valence-corrected chi connectivity index (χ2v) is 5.02. The van der Waals surface area contributed by atoms with Crippen molar-refractivity contribution in [1.29, 1.82) is 0 Å². The Balaban J connectivity index is 2.92. The van der Waals surface area contributed by atoms with Crippen molar-refractivity contribution in [3.63, 3.8) is 0 Å². The molecule has 0 bridgehead atoms. The van der Waals surface area contributed by atoms with E-state index in [2.05, 4.69) is 4.98 Å². The molecule has 0 spiro atoms. The molecule has 0 fully saturated rings. The third kappa shape index (κ3) is 4.52. The molecule has 2 N–H and O–H groups in total. The third-order valence-electron chi connectivity index (χ3n) is 2.28. The van der Waals surface area contributed by atoms with Gasteiger partial charge >= 0.3 is 6.18 Å². The van der Waals surface area contributed by atoms with Crippen LogP contribution in [0.15, 0.2) is 12.3 Å². The fourth-order valence-corrected chi connectivity index (χ4v) is 1.48. The summed E-state index contributed by atoms with van der Waals surface area (Å²) in [7, 11) is 0. The van der Waals surface area contributed by atoms with Gasteiger partial charge in [0, 0.05) is 11.7 Å². The third-order valence-corrected chi connectivity index (χ3v) is 2.62. The molecule has 1 heterocycles. The summed E-state index contributed by atoms with van der Waals surface area (Å²) in [6, 6.07) is 1.03. The first-order valence-corrected chi connectivity index (χ1v) is 5.48. The predicted molar refractivity (Wildman–Crippen MR) is 60.8 cm³/mol. The highest BCUT2D eigenvalue weighted by atomic mass is 35.5. The number of aromatic nitrogens is 1. The normalized spacial score (nSPS) is 12.9. The van der Waals surface area contributed by atoms with Crippen LogP contribution in [0, 0.1) is 0 Å². The maximum absolute atomic E-state index is 12.5. The number of aryl methyl sites for hydroxylation is 1. The van der Waals surface area contributed by atoms with Crippen LogP contribution in [0.25, 0.3) is 0 Å². The summed E-state index contributed by atoms with van der Waals surface area (Å²) in [6.07, 6.45) is -2.75. The first-order chi connectivity index (χ1) is 7.59. The highest BCUT2D eigenvalue weighted by Crippen LogP contribution is 2.31. The van der Waals surface area contributed by atoms with Crippen molar-refractivity contribution in [2.45, 2.75) is 38.4 Å². The number of rotatable bonds is 3. The molecule has 0 aromatic carbocycles. The lowest BCUT2D eigenvalue weighted by molar-refractivity contribution is -0.137. The average molecular weight is 267 g/mol. The molecule has 0 amide bonds. The fraction of sp³-hybridized carbons (Fsp3) is 0.545. The summed E-state index contributed by atoms with van der Waals surface area (Å²) >= 11 is 5.76. The number of hydrogen-bond donors (Lipinski definition) is 1. The van der Waals surface area contributed by atoms with Gasteiger partial charge < -0.3 is 5.73 Å². The van der Waals surface area contributed by atoms with Gasteiger partial charge in [-0.3, -0.25) is 0 Å². The maximum Gasteiger partial charge on any atom is 0.417 e. The van der Waals surface area contributed by atoms with Crippen LogP contribution < -0.4 is 5.73 Å². The monoisotopic (exact) mass is 266 g/mol. The van der Waals surface area contributed by atoms with E-state index in [0.717, 1.165) is 12.3 Å². The van der Waals surface area contributed by atoms with E-state index in [-0.39, 0.29) is 5.15 Å². The minimum atomic E-state index is -4.40. The summed E-state index contributed by atoms with van der Waals surface area (Å²) < 4.78 is 37.4. The SMILES string of the molecule is CC(C)(N)CCc1cc(C(F)(F)F)cnc1Cl. The summed E-state index contributed by atoms with van der Waals surface area (Å²) in [6.45, 7) is 3.61. The molecular formula is C11H14ClF3N2. The number of alkyl halides is 3. The summed E-state index contributed by atoms with van der Waals surface area (Å²) in [5, 5.41) is 0.0993. The second-order valence-electron chi connectivity index (χ2n) is 4.66. The van der Waals surface area contributed by atoms with Crippen LogP contribution >= 0.6 is 11.6 Å². The van der Waals surface area contributed by atoms with E-state index in [1.807, 2.05) is 13.8 Å². The van der Waals surface area contributed by atoms with E-state index in [4.69, 9.17) is 17.3 Å². The van der Waals surface area contributed by atoms with Gasteiger partial charge in [-0.05, 0) is 38.3 Å². The van der Waals surface area contributed by atoms with Crippen molar-refractivity contribution >= 4 is 11.6 Å². The molecule has 0 unspecified atom stereocenters. The van der Waals surface area contributed by atoms with E-state index in [1.165, 1.54) is 0 Å². The van der Waals surface area contributed by atoms with Gasteiger partial charge in [-0.2, -0.15) is 13.2 Å². The van der Waals surface area contributed by atoms with Crippen LogP contribution in [0.2, 0.25) is 5.15 Å². The van der Waals surface area contributed by atoms with Crippen molar-refractivity contribution in [1.82, 2.24) is 4.98 Å². The fourth-order valence-electron chi connectivity index (χ4n) is 1.28. The molecule has 1 aromatic heterocycles. The van der Waals surface area contributed by atoms with Crippen molar-refractivity contribution in [3.05, 3.63) is 28.5 Å². The van der Waals surface area contributed by atoms with Gasteiger partial charge in [-0.1, -0.05) is 11.6 Å². The van der Waals surface area contributed by atoms with Crippen molar-refractivity contribution in [2.75, 3.05) is 0 Å². The number of nitrogens with two attached hydrogens (primary N) is 1. The minimum absolute atomic E-state index is 0.0993. The van der Waals surface area contributed by atoms with Crippen LogP contribution in [0.3, 0.4) is 0 Å². The Morgan fingerprint density at radius 1 is 1.35 bits per heavy atom. The first kappa shape index (κ1) is 14.3. The minimum Gasteiger partial charge on any atom is -0.326 e.